The van der Waals surface area contributed by atoms with E-state index in [0.717, 1.165) is 11.6 Å². The Hall–Kier alpha value is -3.74. The minimum atomic E-state index is -0.799. The monoisotopic (exact) mass is 442 g/mol. The number of halogens is 2. The number of benzene rings is 3. The van der Waals surface area contributed by atoms with Crippen molar-refractivity contribution in [2.24, 2.45) is 0 Å². The third-order valence-corrected chi connectivity index (χ3v) is 4.84. The number of ether oxygens (including phenoxy) is 3. The lowest BCUT2D eigenvalue weighted by Gasteiger charge is -2.19. The van der Waals surface area contributed by atoms with E-state index >= 15 is 4.39 Å². The van der Waals surface area contributed by atoms with Crippen LogP contribution in [-0.4, -0.2) is 31.0 Å². The van der Waals surface area contributed by atoms with E-state index in [2.05, 4.69) is 0 Å². The molecule has 0 saturated heterocycles. The summed E-state index contributed by atoms with van der Waals surface area (Å²) in [5.41, 5.74) is 1.47. The molecule has 0 atom stereocenters. The van der Waals surface area contributed by atoms with Crippen LogP contribution in [0.2, 0.25) is 0 Å². The summed E-state index contributed by atoms with van der Waals surface area (Å²) in [7, 11) is 2.54. The van der Waals surface area contributed by atoms with Gasteiger partial charge in [0.2, 0.25) is 0 Å². The average molecular weight is 442 g/mol. The normalized spacial score (nSPS) is 10.6. The van der Waals surface area contributed by atoms with Crippen molar-refractivity contribution in [3.05, 3.63) is 65.7 Å². The van der Waals surface area contributed by atoms with Crippen molar-refractivity contribution in [1.29, 1.82) is 0 Å². The van der Waals surface area contributed by atoms with Crippen LogP contribution >= 0.6 is 0 Å². The maximum Gasteiger partial charge on any atom is 0.177 e. The van der Waals surface area contributed by atoms with Gasteiger partial charge in [-0.2, -0.15) is 0 Å². The maximum atomic E-state index is 15.6. The van der Waals surface area contributed by atoms with Crippen molar-refractivity contribution < 1.29 is 33.2 Å². The van der Waals surface area contributed by atoms with Crippen LogP contribution in [0, 0.1) is 11.6 Å². The second-order valence-electron chi connectivity index (χ2n) is 7.26. The van der Waals surface area contributed by atoms with Crippen LogP contribution in [0.1, 0.15) is 13.8 Å². The van der Waals surface area contributed by atoms with Gasteiger partial charge in [0.1, 0.15) is 12.4 Å². The van der Waals surface area contributed by atoms with E-state index in [1.54, 1.807) is 0 Å². The molecule has 3 aromatic rings. The number of aromatic hydroxyl groups is 2. The van der Waals surface area contributed by atoms with Crippen molar-refractivity contribution in [2.45, 2.75) is 13.8 Å². The molecule has 0 aliphatic carbocycles. The first-order chi connectivity index (χ1) is 15.3. The quantitative estimate of drug-likeness (QED) is 0.435. The Balaban J connectivity index is 2.15. The van der Waals surface area contributed by atoms with E-state index < -0.39 is 17.4 Å². The van der Waals surface area contributed by atoms with Gasteiger partial charge in [0.15, 0.2) is 34.6 Å². The van der Waals surface area contributed by atoms with Crippen molar-refractivity contribution >= 4 is 0 Å². The summed E-state index contributed by atoms with van der Waals surface area (Å²) in [5, 5.41) is 20.5. The molecule has 0 aliphatic heterocycles. The third kappa shape index (κ3) is 4.46. The molecule has 0 spiro atoms. The topological polar surface area (TPSA) is 68.2 Å². The lowest BCUT2D eigenvalue weighted by Crippen LogP contribution is -2.01. The van der Waals surface area contributed by atoms with Crippen LogP contribution in [0.3, 0.4) is 0 Å². The predicted octanol–water partition coefficient (Wildman–Crippen LogP) is 6.07. The Morgan fingerprint density at radius 1 is 0.875 bits per heavy atom. The Morgan fingerprint density at radius 2 is 1.50 bits per heavy atom. The number of hydrogen-bond acceptors (Lipinski definition) is 5. The molecule has 0 amide bonds. The Kier molecular flexibility index (Phi) is 6.88. The highest BCUT2D eigenvalue weighted by Gasteiger charge is 2.28. The number of allylic oxidation sites excluding steroid dienone is 1. The van der Waals surface area contributed by atoms with Gasteiger partial charge in [-0.25, -0.2) is 8.78 Å². The number of hydrogen-bond donors (Lipinski definition) is 2. The van der Waals surface area contributed by atoms with Gasteiger partial charge in [0.25, 0.3) is 0 Å². The number of methoxy groups -OCH3 is 2. The zero-order valence-corrected chi connectivity index (χ0v) is 18.2. The van der Waals surface area contributed by atoms with E-state index in [1.165, 1.54) is 50.6 Å². The van der Waals surface area contributed by atoms with E-state index in [1.807, 2.05) is 19.9 Å². The van der Waals surface area contributed by atoms with E-state index in [9.17, 15) is 14.6 Å². The summed E-state index contributed by atoms with van der Waals surface area (Å²) in [4.78, 5) is 0. The average Bonchev–Trinajstić information content (AvgIpc) is 2.76. The molecule has 2 N–H and O–H groups in total. The minimum absolute atomic E-state index is 0.00306. The fourth-order valence-corrected chi connectivity index (χ4v) is 3.28. The lowest BCUT2D eigenvalue weighted by molar-refractivity contribution is 0.341. The molecule has 0 unspecified atom stereocenters. The highest BCUT2D eigenvalue weighted by Crippen LogP contribution is 2.52. The molecule has 3 aromatic carbocycles. The molecular formula is C25H24F2O5. The Bertz CT molecular complexity index is 1150. The maximum absolute atomic E-state index is 15.6. The van der Waals surface area contributed by atoms with Crippen LogP contribution < -0.4 is 14.2 Å². The molecule has 0 heterocycles. The number of rotatable bonds is 7. The first-order valence-electron chi connectivity index (χ1n) is 9.80. The van der Waals surface area contributed by atoms with Crippen LogP contribution in [0.5, 0.6) is 28.7 Å². The highest BCUT2D eigenvalue weighted by atomic mass is 19.1. The summed E-state index contributed by atoms with van der Waals surface area (Å²) < 4.78 is 46.2. The predicted molar refractivity (Wildman–Crippen MR) is 119 cm³/mol. The SMILES string of the molecule is COc1c(F)c(-c2ccc(O)cc2)c(OC)c(O)c1-c1ccc(OCC=C(C)C)c(F)c1. The lowest BCUT2D eigenvalue weighted by atomic mass is 9.95. The standard InChI is InChI=1S/C25H24F2O5/c1-14(2)11-12-32-19-10-7-16(13-18(19)26)21-23(29)25(31-4)20(22(27)24(21)30-3)15-5-8-17(28)9-6-15/h5-11,13,28-29H,12H2,1-4H3. The molecular weight excluding hydrogens is 418 g/mol. The van der Waals surface area contributed by atoms with Crippen molar-refractivity contribution in [1.82, 2.24) is 0 Å². The fourth-order valence-electron chi connectivity index (χ4n) is 3.28. The fraction of sp³-hybridized carbons (Fsp3) is 0.200. The summed E-state index contributed by atoms with van der Waals surface area (Å²) in [6, 6.07) is 9.76. The molecule has 5 nitrogen and oxygen atoms in total. The van der Waals surface area contributed by atoms with Crippen molar-refractivity contribution in [3.8, 4) is 51.0 Å². The first-order valence-corrected chi connectivity index (χ1v) is 9.80. The zero-order valence-electron chi connectivity index (χ0n) is 18.2. The van der Waals surface area contributed by atoms with Crippen molar-refractivity contribution in [2.75, 3.05) is 20.8 Å². The molecule has 0 radical (unpaired) electrons. The van der Waals surface area contributed by atoms with Gasteiger partial charge in [0, 0.05) is 0 Å². The number of phenolic OH excluding ortho intramolecular Hbond substituents is 2. The summed E-state index contributed by atoms with van der Waals surface area (Å²) >= 11 is 0. The van der Waals surface area contributed by atoms with Gasteiger partial charge < -0.3 is 24.4 Å². The zero-order chi connectivity index (χ0) is 23.4. The van der Waals surface area contributed by atoms with Crippen LogP contribution in [0.4, 0.5) is 8.78 Å². The molecule has 3 rings (SSSR count). The molecule has 7 heteroatoms. The van der Waals surface area contributed by atoms with E-state index in [0.29, 0.717) is 5.56 Å². The van der Waals surface area contributed by atoms with Gasteiger partial charge in [-0.1, -0.05) is 23.8 Å². The summed E-state index contributed by atoms with van der Waals surface area (Å²) in [6.07, 6.45) is 1.81. The smallest absolute Gasteiger partial charge is 0.177 e. The summed E-state index contributed by atoms with van der Waals surface area (Å²) in [5.74, 6) is -2.27. The van der Waals surface area contributed by atoms with Crippen LogP contribution in [0.25, 0.3) is 22.3 Å². The number of phenols is 2. The molecule has 0 fully saturated rings. The molecule has 168 valence electrons. The van der Waals surface area contributed by atoms with Crippen LogP contribution in [-0.2, 0) is 0 Å². The molecule has 32 heavy (non-hydrogen) atoms. The van der Waals surface area contributed by atoms with Gasteiger partial charge in [-0.05, 0) is 55.3 Å². The second kappa shape index (κ2) is 9.60. The molecule has 0 bridgehead atoms. The van der Waals surface area contributed by atoms with E-state index in [-0.39, 0.29) is 46.3 Å². The van der Waals surface area contributed by atoms with E-state index in [4.69, 9.17) is 14.2 Å². The van der Waals surface area contributed by atoms with Crippen molar-refractivity contribution in [3.63, 3.8) is 0 Å². The molecule has 0 aliphatic rings. The third-order valence-electron chi connectivity index (χ3n) is 4.84. The van der Waals surface area contributed by atoms with Crippen LogP contribution in [0.15, 0.2) is 54.1 Å². The Morgan fingerprint density at radius 3 is 2.06 bits per heavy atom. The highest BCUT2D eigenvalue weighted by molar-refractivity contribution is 5.88. The Labute approximate surface area is 185 Å². The molecule has 0 saturated carbocycles. The first kappa shape index (κ1) is 22.9. The van der Waals surface area contributed by atoms with Gasteiger partial charge in [-0.3, -0.25) is 0 Å². The second-order valence-corrected chi connectivity index (χ2v) is 7.26. The van der Waals surface area contributed by atoms with Gasteiger partial charge in [-0.15, -0.1) is 0 Å². The minimum Gasteiger partial charge on any atom is -0.508 e. The van der Waals surface area contributed by atoms with Gasteiger partial charge in [0.05, 0.1) is 25.3 Å². The molecule has 0 aromatic heterocycles. The van der Waals surface area contributed by atoms with Gasteiger partial charge >= 0.3 is 0 Å². The summed E-state index contributed by atoms with van der Waals surface area (Å²) in [6.45, 7) is 4.01. The largest absolute Gasteiger partial charge is 0.508 e.